The quantitative estimate of drug-likeness (QED) is 0.687. The van der Waals surface area contributed by atoms with Crippen LogP contribution in [0.2, 0.25) is 0 Å². The summed E-state index contributed by atoms with van der Waals surface area (Å²) in [6.07, 6.45) is 4.58. The fraction of sp³-hybridized carbons (Fsp3) is 0.273. The smallest absolute Gasteiger partial charge is 0.0612 e. The Bertz CT molecular complexity index is 281. The van der Waals surface area contributed by atoms with Gasteiger partial charge in [0, 0.05) is 12.7 Å². The predicted molar refractivity (Wildman–Crippen MR) is 55.9 cm³/mol. The summed E-state index contributed by atoms with van der Waals surface area (Å²) in [4.78, 5) is 0. The SMILES string of the molecule is CNc1ccccc1CC=CCO. The Morgan fingerprint density at radius 3 is 2.77 bits per heavy atom. The summed E-state index contributed by atoms with van der Waals surface area (Å²) < 4.78 is 0. The van der Waals surface area contributed by atoms with Gasteiger partial charge in [-0.15, -0.1) is 0 Å². The Labute approximate surface area is 78.9 Å². The van der Waals surface area contributed by atoms with Crippen molar-refractivity contribution in [1.82, 2.24) is 0 Å². The third-order valence-electron chi connectivity index (χ3n) is 1.90. The van der Waals surface area contributed by atoms with E-state index in [0.29, 0.717) is 0 Å². The lowest BCUT2D eigenvalue weighted by atomic mass is 10.1. The number of benzene rings is 1. The molecule has 0 radical (unpaired) electrons. The molecule has 2 N–H and O–H groups in total. The Kier molecular flexibility index (Phi) is 4.06. The molecule has 2 heteroatoms. The second kappa shape index (κ2) is 5.38. The van der Waals surface area contributed by atoms with Gasteiger partial charge in [-0.1, -0.05) is 30.4 Å². The summed E-state index contributed by atoms with van der Waals surface area (Å²) in [5.74, 6) is 0. The van der Waals surface area contributed by atoms with Gasteiger partial charge in [-0.25, -0.2) is 0 Å². The highest BCUT2D eigenvalue weighted by Gasteiger charge is 1.95. The molecule has 1 rings (SSSR count). The van der Waals surface area contributed by atoms with Crippen molar-refractivity contribution in [3.63, 3.8) is 0 Å². The molecule has 13 heavy (non-hydrogen) atoms. The molecule has 1 aromatic carbocycles. The number of aliphatic hydroxyl groups excluding tert-OH is 1. The second-order valence-corrected chi connectivity index (χ2v) is 2.77. The zero-order valence-electron chi connectivity index (χ0n) is 7.83. The first-order valence-corrected chi connectivity index (χ1v) is 4.40. The highest BCUT2D eigenvalue weighted by Crippen LogP contribution is 2.14. The van der Waals surface area contributed by atoms with Crippen LogP contribution in [0.3, 0.4) is 0 Å². The molecule has 0 heterocycles. The molecule has 0 atom stereocenters. The number of rotatable bonds is 4. The maximum Gasteiger partial charge on any atom is 0.0612 e. The van der Waals surface area contributed by atoms with Gasteiger partial charge in [0.15, 0.2) is 0 Å². The van der Waals surface area contributed by atoms with E-state index in [0.717, 1.165) is 12.1 Å². The molecule has 0 fully saturated rings. The maximum atomic E-state index is 8.57. The van der Waals surface area contributed by atoms with Crippen molar-refractivity contribution in [2.45, 2.75) is 6.42 Å². The van der Waals surface area contributed by atoms with Gasteiger partial charge in [-0.05, 0) is 18.1 Å². The van der Waals surface area contributed by atoms with E-state index in [1.807, 2.05) is 31.3 Å². The number of hydrogen-bond donors (Lipinski definition) is 2. The summed E-state index contributed by atoms with van der Waals surface area (Å²) in [6, 6.07) is 8.14. The minimum absolute atomic E-state index is 0.113. The molecule has 0 aliphatic carbocycles. The Morgan fingerprint density at radius 1 is 1.31 bits per heavy atom. The fourth-order valence-electron chi connectivity index (χ4n) is 1.23. The monoisotopic (exact) mass is 177 g/mol. The van der Waals surface area contributed by atoms with E-state index in [4.69, 9.17) is 5.11 Å². The lowest BCUT2D eigenvalue weighted by Gasteiger charge is -2.05. The number of allylic oxidation sites excluding steroid dienone is 1. The minimum Gasteiger partial charge on any atom is -0.392 e. The van der Waals surface area contributed by atoms with Crippen LogP contribution in [0.4, 0.5) is 5.69 Å². The largest absolute Gasteiger partial charge is 0.392 e. The van der Waals surface area contributed by atoms with Gasteiger partial charge in [0.25, 0.3) is 0 Å². The molecule has 0 bridgehead atoms. The summed E-state index contributed by atoms with van der Waals surface area (Å²) in [5.41, 5.74) is 2.39. The van der Waals surface area contributed by atoms with Crippen LogP contribution in [-0.4, -0.2) is 18.8 Å². The highest BCUT2D eigenvalue weighted by atomic mass is 16.2. The van der Waals surface area contributed by atoms with Gasteiger partial charge in [0.1, 0.15) is 0 Å². The van der Waals surface area contributed by atoms with Crippen molar-refractivity contribution in [3.05, 3.63) is 42.0 Å². The second-order valence-electron chi connectivity index (χ2n) is 2.77. The first-order valence-electron chi connectivity index (χ1n) is 4.40. The molecule has 0 amide bonds. The highest BCUT2D eigenvalue weighted by molar-refractivity contribution is 5.51. The number of anilines is 1. The van der Waals surface area contributed by atoms with Crippen molar-refractivity contribution in [3.8, 4) is 0 Å². The van der Waals surface area contributed by atoms with Crippen LogP contribution in [0.1, 0.15) is 5.56 Å². The molecular formula is C11H15NO. The van der Waals surface area contributed by atoms with Crippen LogP contribution >= 0.6 is 0 Å². The average Bonchev–Trinajstić information content (AvgIpc) is 2.19. The van der Waals surface area contributed by atoms with Gasteiger partial charge in [-0.3, -0.25) is 0 Å². The minimum atomic E-state index is 0.113. The summed E-state index contributed by atoms with van der Waals surface area (Å²) in [6.45, 7) is 0.113. The van der Waals surface area contributed by atoms with Gasteiger partial charge < -0.3 is 10.4 Å². The Morgan fingerprint density at radius 2 is 2.08 bits per heavy atom. The number of hydrogen-bond acceptors (Lipinski definition) is 2. The van der Waals surface area contributed by atoms with Crippen molar-refractivity contribution in [2.75, 3.05) is 19.0 Å². The summed E-state index contributed by atoms with van der Waals surface area (Å²) in [7, 11) is 1.91. The molecule has 0 aromatic heterocycles. The third-order valence-corrected chi connectivity index (χ3v) is 1.90. The van der Waals surface area contributed by atoms with E-state index >= 15 is 0 Å². The van der Waals surface area contributed by atoms with Crippen molar-refractivity contribution in [1.29, 1.82) is 0 Å². The molecule has 0 aliphatic rings. The standard InChI is InChI=1S/C11H15NO/c1-12-11-8-3-2-6-10(11)7-4-5-9-13/h2-6,8,12-13H,7,9H2,1H3. The molecule has 70 valence electrons. The maximum absolute atomic E-state index is 8.57. The molecule has 1 aromatic rings. The molecule has 0 saturated heterocycles. The third kappa shape index (κ3) is 2.92. The first-order chi connectivity index (χ1) is 6.38. The molecule has 2 nitrogen and oxygen atoms in total. The van der Waals surface area contributed by atoms with Crippen LogP contribution in [0.5, 0.6) is 0 Å². The molecular weight excluding hydrogens is 162 g/mol. The average molecular weight is 177 g/mol. The van der Waals surface area contributed by atoms with Gasteiger partial charge in [0.2, 0.25) is 0 Å². The number of para-hydroxylation sites is 1. The van der Waals surface area contributed by atoms with Crippen molar-refractivity contribution in [2.24, 2.45) is 0 Å². The van der Waals surface area contributed by atoms with Gasteiger partial charge in [-0.2, -0.15) is 0 Å². The van der Waals surface area contributed by atoms with E-state index in [9.17, 15) is 0 Å². The number of nitrogens with one attached hydrogen (secondary N) is 1. The van der Waals surface area contributed by atoms with Crippen LogP contribution in [0.25, 0.3) is 0 Å². The molecule has 0 unspecified atom stereocenters. The van der Waals surface area contributed by atoms with Gasteiger partial charge >= 0.3 is 0 Å². The van der Waals surface area contributed by atoms with E-state index in [1.54, 1.807) is 6.08 Å². The zero-order valence-corrected chi connectivity index (χ0v) is 7.83. The van der Waals surface area contributed by atoms with Gasteiger partial charge in [0.05, 0.1) is 6.61 Å². The number of aliphatic hydroxyl groups is 1. The zero-order chi connectivity index (χ0) is 9.52. The van der Waals surface area contributed by atoms with Crippen LogP contribution in [-0.2, 0) is 6.42 Å². The Balaban J connectivity index is 2.69. The van der Waals surface area contributed by atoms with E-state index in [1.165, 1.54) is 5.56 Å². The normalized spacial score (nSPS) is 10.6. The topological polar surface area (TPSA) is 32.3 Å². The first kappa shape index (κ1) is 9.81. The molecule has 0 saturated carbocycles. The lowest BCUT2D eigenvalue weighted by molar-refractivity contribution is 0.342. The predicted octanol–water partition coefficient (Wildman–Crippen LogP) is 1.82. The Hall–Kier alpha value is -1.28. The summed E-state index contributed by atoms with van der Waals surface area (Å²) >= 11 is 0. The van der Waals surface area contributed by atoms with Crippen molar-refractivity contribution < 1.29 is 5.11 Å². The van der Waals surface area contributed by atoms with Crippen LogP contribution < -0.4 is 5.32 Å². The fourth-order valence-corrected chi connectivity index (χ4v) is 1.23. The van der Waals surface area contributed by atoms with Crippen LogP contribution in [0.15, 0.2) is 36.4 Å². The van der Waals surface area contributed by atoms with Crippen LogP contribution in [0, 0.1) is 0 Å². The van der Waals surface area contributed by atoms with E-state index < -0.39 is 0 Å². The van der Waals surface area contributed by atoms with E-state index in [-0.39, 0.29) is 6.61 Å². The van der Waals surface area contributed by atoms with Crippen molar-refractivity contribution >= 4 is 5.69 Å². The van der Waals surface area contributed by atoms with E-state index in [2.05, 4.69) is 11.4 Å². The lowest BCUT2D eigenvalue weighted by Crippen LogP contribution is -1.93. The molecule has 0 spiro atoms. The molecule has 0 aliphatic heterocycles. The summed E-state index contributed by atoms with van der Waals surface area (Å²) in [5, 5.41) is 11.7.